The van der Waals surface area contributed by atoms with Gasteiger partial charge < -0.3 is 10.8 Å². The highest BCUT2D eigenvalue weighted by Crippen LogP contribution is 2.10. The van der Waals surface area contributed by atoms with Crippen LogP contribution < -0.4 is 5.73 Å². The molecule has 1 rings (SSSR count). The van der Waals surface area contributed by atoms with E-state index in [9.17, 15) is 4.79 Å². The Bertz CT molecular complexity index is 256. The van der Waals surface area contributed by atoms with Crippen molar-refractivity contribution in [2.75, 3.05) is 0 Å². The Hall–Kier alpha value is -1.19. The van der Waals surface area contributed by atoms with Crippen LogP contribution in [0.3, 0.4) is 0 Å². The monoisotopic (exact) mass is 164 g/mol. The summed E-state index contributed by atoms with van der Waals surface area (Å²) in [5.74, 6) is 0. The van der Waals surface area contributed by atoms with Crippen LogP contribution in [0.4, 0.5) is 0 Å². The average Bonchev–Trinajstić information content (AvgIpc) is 2.17. The van der Waals surface area contributed by atoms with Crippen molar-refractivity contribution in [2.24, 2.45) is 5.73 Å². The van der Waals surface area contributed by atoms with Gasteiger partial charge in [0.05, 0.1) is 0 Å². The highest BCUT2D eigenvalue weighted by molar-refractivity contribution is 5.60. The summed E-state index contributed by atoms with van der Waals surface area (Å²) in [6, 6.07) is 6.88. The molecular formula is C9H10NO2. The zero-order valence-corrected chi connectivity index (χ0v) is 6.53. The second-order valence-electron chi connectivity index (χ2n) is 2.47. The lowest BCUT2D eigenvalue weighted by Crippen LogP contribution is -2.00. The van der Waals surface area contributed by atoms with Crippen molar-refractivity contribution in [3.63, 3.8) is 0 Å². The van der Waals surface area contributed by atoms with E-state index in [1.807, 2.05) is 0 Å². The number of hydrogen-bond donors (Lipinski definition) is 2. The Labute approximate surface area is 70.8 Å². The summed E-state index contributed by atoms with van der Waals surface area (Å²) in [4.78, 5) is 10.1. The average molecular weight is 164 g/mol. The van der Waals surface area contributed by atoms with Crippen molar-refractivity contribution in [2.45, 2.75) is 12.6 Å². The van der Waals surface area contributed by atoms with Crippen molar-refractivity contribution in [1.82, 2.24) is 0 Å². The molecule has 0 aliphatic carbocycles. The molecule has 1 radical (unpaired) electrons. The lowest BCUT2D eigenvalue weighted by atomic mass is 10.1. The molecule has 1 aromatic carbocycles. The van der Waals surface area contributed by atoms with Gasteiger partial charge >= 0.3 is 0 Å². The molecule has 0 aliphatic heterocycles. The van der Waals surface area contributed by atoms with E-state index in [0.29, 0.717) is 12.1 Å². The highest BCUT2D eigenvalue weighted by atomic mass is 16.3. The van der Waals surface area contributed by atoms with Gasteiger partial charge in [0.15, 0.2) is 0 Å². The van der Waals surface area contributed by atoms with Crippen LogP contribution in [-0.2, 0) is 11.3 Å². The van der Waals surface area contributed by atoms with Gasteiger partial charge in [0.25, 0.3) is 0 Å². The molecule has 12 heavy (non-hydrogen) atoms. The smallest absolute Gasteiger partial charge is 0.234 e. The number of carbonyl (C=O) groups excluding carboxylic acids is 1. The summed E-state index contributed by atoms with van der Waals surface area (Å²) in [6.45, 7) is 0.460. The lowest BCUT2D eigenvalue weighted by molar-refractivity contribution is 0.240. The summed E-state index contributed by atoms with van der Waals surface area (Å²) < 4.78 is 0. The zero-order valence-electron chi connectivity index (χ0n) is 6.53. The SMILES string of the molecule is NCc1ccc(C(O)[C]=O)cc1. The van der Waals surface area contributed by atoms with Crippen LogP contribution in [0.1, 0.15) is 17.2 Å². The van der Waals surface area contributed by atoms with E-state index < -0.39 is 6.10 Å². The first-order valence-electron chi connectivity index (χ1n) is 3.62. The molecule has 0 aromatic heterocycles. The number of hydrogen-bond acceptors (Lipinski definition) is 3. The molecule has 0 heterocycles. The third-order valence-electron chi connectivity index (χ3n) is 1.64. The predicted octanol–water partition coefficient (Wildman–Crippen LogP) is 0.288. The second kappa shape index (κ2) is 3.99. The molecule has 0 fully saturated rings. The first kappa shape index (κ1) is 8.90. The van der Waals surface area contributed by atoms with Crippen molar-refractivity contribution in [3.8, 4) is 0 Å². The topological polar surface area (TPSA) is 63.3 Å². The van der Waals surface area contributed by atoms with E-state index >= 15 is 0 Å². The third-order valence-corrected chi connectivity index (χ3v) is 1.64. The summed E-state index contributed by atoms with van der Waals surface area (Å²) in [5.41, 5.74) is 6.88. The van der Waals surface area contributed by atoms with Crippen molar-refractivity contribution in [3.05, 3.63) is 35.4 Å². The Morgan fingerprint density at radius 3 is 2.42 bits per heavy atom. The standard InChI is InChI=1S/C9H10NO2/c10-5-7-1-3-8(4-2-7)9(12)6-11/h1-4,9,12H,5,10H2. The van der Waals surface area contributed by atoms with Gasteiger partial charge in [-0.25, -0.2) is 0 Å². The minimum atomic E-state index is -1.14. The number of nitrogens with two attached hydrogens (primary N) is 1. The van der Waals surface area contributed by atoms with Gasteiger partial charge in [-0.1, -0.05) is 24.3 Å². The van der Waals surface area contributed by atoms with Gasteiger partial charge in [0.1, 0.15) is 6.10 Å². The first-order chi connectivity index (χ1) is 5.77. The molecule has 0 saturated heterocycles. The van der Waals surface area contributed by atoms with Gasteiger partial charge in [-0.2, -0.15) is 0 Å². The lowest BCUT2D eigenvalue weighted by Gasteiger charge is -2.02. The van der Waals surface area contributed by atoms with E-state index in [2.05, 4.69) is 0 Å². The van der Waals surface area contributed by atoms with Crippen LogP contribution >= 0.6 is 0 Å². The number of aliphatic hydroxyl groups is 1. The molecule has 0 amide bonds. The number of aliphatic hydroxyl groups excluding tert-OH is 1. The first-order valence-corrected chi connectivity index (χ1v) is 3.62. The maximum atomic E-state index is 10.1. The summed E-state index contributed by atoms with van der Waals surface area (Å²) in [5, 5.41) is 9.04. The highest BCUT2D eigenvalue weighted by Gasteiger charge is 2.04. The van der Waals surface area contributed by atoms with Crippen LogP contribution in [0.15, 0.2) is 24.3 Å². The largest absolute Gasteiger partial charge is 0.380 e. The molecular weight excluding hydrogens is 154 g/mol. The van der Waals surface area contributed by atoms with Gasteiger partial charge in [-0.05, 0) is 11.1 Å². The zero-order chi connectivity index (χ0) is 8.97. The normalized spacial score (nSPS) is 12.5. The number of benzene rings is 1. The van der Waals surface area contributed by atoms with E-state index in [-0.39, 0.29) is 0 Å². The second-order valence-corrected chi connectivity index (χ2v) is 2.47. The number of rotatable bonds is 3. The van der Waals surface area contributed by atoms with Crippen LogP contribution in [0.2, 0.25) is 0 Å². The molecule has 0 aliphatic rings. The minimum Gasteiger partial charge on any atom is -0.380 e. The molecule has 0 bridgehead atoms. The Morgan fingerprint density at radius 1 is 1.42 bits per heavy atom. The van der Waals surface area contributed by atoms with Crippen LogP contribution in [-0.4, -0.2) is 11.4 Å². The Balaban J connectivity index is 2.84. The molecule has 63 valence electrons. The Morgan fingerprint density at radius 2 is 2.00 bits per heavy atom. The summed E-state index contributed by atoms with van der Waals surface area (Å²) in [6.07, 6.45) is 0.351. The maximum absolute atomic E-state index is 10.1. The molecule has 3 heteroatoms. The van der Waals surface area contributed by atoms with E-state index in [4.69, 9.17) is 10.8 Å². The molecule has 3 nitrogen and oxygen atoms in total. The van der Waals surface area contributed by atoms with E-state index in [1.54, 1.807) is 24.3 Å². The predicted molar refractivity (Wildman–Crippen MR) is 45.0 cm³/mol. The minimum absolute atomic E-state index is 0.460. The van der Waals surface area contributed by atoms with E-state index in [1.165, 1.54) is 6.29 Å². The van der Waals surface area contributed by atoms with Gasteiger partial charge in [-0.3, -0.25) is 4.79 Å². The Kier molecular flexibility index (Phi) is 2.96. The van der Waals surface area contributed by atoms with Crippen molar-refractivity contribution < 1.29 is 9.90 Å². The molecule has 1 aromatic rings. The third kappa shape index (κ3) is 1.90. The van der Waals surface area contributed by atoms with Gasteiger partial charge in [-0.15, -0.1) is 0 Å². The fourth-order valence-corrected chi connectivity index (χ4v) is 0.904. The molecule has 0 spiro atoms. The van der Waals surface area contributed by atoms with Crippen molar-refractivity contribution in [1.29, 1.82) is 0 Å². The van der Waals surface area contributed by atoms with Gasteiger partial charge in [0, 0.05) is 6.54 Å². The van der Waals surface area contributed by atoms with Crippen LogP contribution in [0.25, 0.3) is 0 Å². The van der Waals surface area contributed by atoms with Crippen LogP contribution in [0, 0.1) is 0 Å². The van der Waals surface area contributed by atoms with Gasteiger partial charge in [0.2, 0.25) is 6.29 Å². The molecule has 1 atom stereocenters. The quantitative estimate of drug-likeness (QED) is 0.674. The van der Waals surface area contributed by atoms with Crippen molar-refractivity contribution >= 4 is 6.29 Å². The van der Waals surface area contributed by atoms with E-state index in [0.717, 1.165) is 5.56 Å². The van der Waals surface area contributed by atoms with Crippen LogP contribution in [0.5, 0.6) is 0 Å². The maximum Gasteiger partial charge on any atom is 0.234 e. The fourth-order valence-electron chi connectivity index (χ4n) is 0.904. The summed E-state index contributed by atoms with van der Waals surface area (Å²) in [7, 11) is 0. The summed E-state index contributed by atoms with van der Waals surface area (Å²) >= 11 is 0. The fraction of sp³-hybridized carbons (Fsp3) is 0.222. The molecule has 0 saturated carbocycles. The molecule has 3 N–H and O–H groups in total. The molecule has 1 unspecified atom stereocenters.